The summed E-state index contributed by atoms with van der Waals surface area (Å²) in [7, 11) is 0. The van der Waals surface area contributed by atoms with Crippen LogP contribution in [0.15, 0.2) is 24.8 Å². The predicted octanol–water partition coefficient (Wildman–Crippen LogP) is 1.08. The fraction of sp³-hybridized carbons (Fsp3) is 0. The van der Waals surface area contributed by atoms with Gasteiger partial charge >= 0.3 is 44.8 Å². The Morgan fingerprint density at radius 1 is 1.33 bits per heavy atom. The van der Waals surface area contributed by atoms with E-state index in [1.807, 2.05) is 0 Å². The zero-order valence-electron chi connectivity index (χ0n) is 3.33. The van der Waals surface area contributed by atoms with Gasteiger partial charge in [-0.1, -0.05) is 0 Å². The van der Waals surface area contributed by atoms with Crippen LogP contribution in [0.4, 0.5) is 0 Å². The van der Waals surface area contributed by atoms with Crippen LogP contribution in [0.2, 0.25) is 0 Å². The number of hydrogen-bond donors (Lipinski definition) is 0. The van der Waals surface area contributed by atoms with E-state index in [1.165, 1.54) is 0 Å². The van der Waals surface area contributed by atoms with E-state index in [0.29, 0.717) is 0 Å². The van der Waals surface area contributed by atoms with Crippen molar-refractivity contribution in [2.45, 2.75) is 0 Å². The number of allylic oxidation sites excluding steroid dienone is 3. The van der Waals surface area contributed by atoms with Gasteiger partial charge in [0.25, 0.3) is 0 Å². The number of rotatable bonds is 2. The first-order valence-electron chi connectivity index (χ1n) is 1.59. The Hall–Kier alpha value is -0.156. The third-order valence-corrected chi connectivity index (χ3v) is 0.498. The molecule has 0 aliphatic rings. The van der Waals surface area contributed by atoms with Crippen molar-refractivity contribution in [2.75, 3.05) is 0 Å². The van der Waals surface area contributed by atoms with Crippen molar-refractivity contribution in [1.82, 2.24) is 0 Å². The first-order valence-corrected chi connectivity index (χ1v) is 2.16. The second-order valence-electron chi connectivity index (χ2n) is 0.726. The van der Waals surface area contributed by atoms with E-state index in [0.717, 1.165) is 0 Å². The molecule has 0 fully saturated rings. The van der Waals surface area contributed by atoms with Gasteiger partial charge < -0.3 is 0 Å². The first kappa shape index (κ1) is 5.84. The van der Waals surface area contributed by atoms with Crippen LogP contribution in [0.5, 0.6) is 0 Å². The topological polar surface area (TPSA) is 0 Å². The van der Waals surface area contributed by atoms with Crippen molar-refractivity contribution < 1.29 is 15.0 Å². The van der Waals surface area contributed by atoms with Gasteiger partial charge in [0.2, 0.25) is 0 Å². The van der Waals surface area contributed by atoms with Gasteiger partial charge in [0.05, 0.1) is 0 Å². The summed E-state index contributed by atoms with van der Waals surface area (Å²) < 4.78 is 0. The monoisotopic (exact) mass is 124 g/mol. The predicted molar refractivity (Wildman–Crippen MR) is 25.4 cm³/mol. The van der Waals surface area contributed by atoms with Gasteiger partial charge in [0, 0.05) is 0 Å². The van der Waals surface area contributed by atoms with Gasteiger partial charge in [-0.25, -0.2) is 0 Å². The van der Waals surface area contributed by atoms with Crippen LogP contribution < -0.4 is 0 Å². The van der Waals surface area contributed by atoms with Gasteiger partial charge in [0.15, 0.2) is 0 Å². The summed E-state index contributed by atoms with van der Waals surface area (Å²) in [4.78, 5) is 1.58. The summed E-state index contributed by atoms with van der Waals surface area (Å²) in [6.07, 6.45) is 5.26. The molecule has 0 saturated heterocycles. The molecule has 0 bridgehead atoms. The third-order valence-electron chi connectivity index (χ3n) is 0.308. The van der Waals surface area contributed by atoms with Gasteiger partial charge in [-0.2, -0.15) is 0 Å². The average Bonchev–Trinajstić information content (AvgIpc) is 1.61. The van der Waals surface area contributed by atoms with Crippen LogP contribution in [-0.2, 0) is 15.0 Å². The second-order valence-corrected chi connectivity index (χ2v) is 1.06. The summed E-state index contributed by atoms with van der Waals surface area (Å²) in [6, 6.07) is 0. The standard InChI is InChI=1S/C5H6.Ni/c1-3-5-4-2;/h1,3-5H,2H2;/b5-3-;. The minimum absolute atomic E-state index is 1.58. The Morgan fingerprint density at radius 2 is 2.00 bits per heavy atom. The molecule has 0 rings (SSSR count). The summed E-state index contributed by atoms with van der Waals surface area (Å²) >= 11 is 4.21. The van der Waals surface area contributed by atoms with Gasteiger partial charge in [0.1, 0.15) is 0 Å². The molecule has 0 aromatic heterocycles. The molecule has 0 unspecified atom stereocenters. The van der Waals surface area contributed by atoms with E-state index in [2.05, 4.69) is 21.6 Å². The van der Waals surface area contributed by atoms with Gasteiger partial charge in [-0.05, 0) is 0 Å². The Bertz CT molecular complexity index is 62.0. The van der Waals surface area contributed by atoms with Crippen LogP contribution in [0.1, 0.15) is 0 Å². The van der Waals surface area contributed by atoms with Crippen LogP contribution in [0.3, 0.4) is 0 Å². The van der Waals surface area contributed by atoms with Crippen LogP contribution in [-0.4, -0.2) is 4.99 Å². The molecular formula is C5H6Ni. The summed E-state index contributed by atoms with van der Waals surface area (Å²) in [5.74, 6) is 0. The molecule has 0 saturated carbocycles. The maximum atomic E-state index is 4.21. The van der Waals surface area contributed by atoms with Gasteiger partial charge in [-0.3, -0.25) is 0 Å². The molecule has 0 nitrogen and oxygen atoms in total. The molecule has 0 aliphatic heterocycles. The van der Waals surface area contributed by atoms with Crippen molar-refractivity contribution in [3.63, 3.8) is 0 Å². The van der Waals surface area contributed by atoms with Crippen molar-refractivity contribution in [1.29, 1.82) is 0 Å². The molecule has 0 N–H and O–H groups in total. The Balaban J connectivity index is 3.17. The molecule has 0 aliphatic carbocycles. The van der Waals surface area contributed by atoms with Crippen LogP contribution >= 0.6 is 0 Å². The van der Waals surface area contributed by atoms with Crippen LogP contribution in [0, 0.1) is 0 Å². The Morgan fingerprint density at radius 3 is 2.17 bits per heavy atom. The number of hydrogen-bond acceptors (Lipinski definition) is 0. The van der Waals surface area contributed by atoms with E-state index >= 15 is 0 Å². The molecule has 0 heterocycles. The average molecular weight is 125 g/mol. The third kappa shape index (κ3) is 3.84. The fourth-order valence-electron chi connectivity index (χ4n) is 0.114. The van der Waals surface area contributed by atoms with E-state index in [-0.39, 0.29) is 0 Å². The minimum atomic E-state index is 1.58. The van der Waals surface area contributed by atoms with Crippen molar-refractivity contribution in [3.8, 4) is 0 Å². The molecule has 6 heavy (non-hydrogen) atoms. The van der Waals surface area contributed by atoms with Crippen molar-refractivity contribution in [3.05, 3.63) is 24.8 Å². The van der Waals surface area contributed by atoms with Crippen molar-refractivity contribution >= 4 is 4.99 Å². The molecule has 0 radical (unpaired) electrons. The van der Waals surface area contributed by atoms with E-state index in [9.17, 15) is 0 Å². The molecule has 0 spiro atoms. The molecule has 1 heteroatoms. The zero-order chi connectivity index (χ0) is 4.83. The maximum absolute atomic E-state index is 4.21. The van der Waals surface area contributed by atoms with E-state index in [4.69, 9.17) is 0 Å². The molecule has 0 amide bonds. The quantitative estimate of drug-likeness (QED) is 0.382. The summed E-state index contributed by atoms with van der Waals surface area (Å²) in [5.41, 5.74) is 0. The zero-order valence-corrected chi connectivity index (χ0v) is 4.32. The normalized spacial score (nSPS) is 9.00. The second kappa shape index (κ2) is 4.84. The summed E-state index contributed by atoms with van der Waals surface area (Å²) in [6.45, 7) is 3.45. The Labute approximate surface area is 45.5 Å². The summed E-state index contributed by atoms with van der Waals surface area (Å²) in [5, 5.41) is 0. The van der Waals surface area contributed by atoms with E-state index in [1.54, 1.807) is 23.2 Å². The Kier molecular flexibility index (Phi) is 4.72. The molecular weight excluding hydrogens is 119 g/mol. The molecule has 36 valence electrons. The molecule has 0 aromatic carbocycles. The fourth-order valence-corrected chi connectivity index (χ4v) is 0.223. The van der Waals surface area contributed by atoms with Gasteiger partial charge in [-0.15, -0.1) is 0 Å². The molecule has 0 atom stereocenters. The van der Waals surface area contributed by atoms with E-state index < -0.39 is 0 Å². The van der Waals surface area contributed by atoms with Crippen molar-refractivity contribution in [2.24, 2.45) is 0 Å². The molecule has 0 aromatic rings. The first-order chi connectivity index (χ1) is 2.91. The van der Waals surface area contributed by atoms with Crippen LogP contribution in [0.25, 0.3) is 0 Å². The SMILES string of the molecule is C=C/C=C\[CH]=[Ni].